The highest BCUT2D eigenvalue weighted by Gasteiger charge is 2.19. The maximum atomic E-state index is 5.42. The first kappa shape index (κ1) is 12.6. The average Bonchev–Trinajstić information content (AvgIpc) is 2.77. The molecule has 0 fully saturated rings. The zero-order chi connectivity index (χ0) is 13.1. The van der Waals surface area contributed by atoms with E-state index in [1.54, 1.807) is 11.8 Å². The van der Waals surface area contributed by atoms with E-state index in [-0.39, 0.29) is 6.04 Å². The monoisotopic (exact) mass is 246 g/mol. The molecule has 0 saturated heterocycles. The van der Waals surface area contributed by atoms with Crippen molar-refractivity contribution in [2.75, 3.05) is 14.2 Å². The fourth-order valence-electron chi connectivity index (χ4n) is 2.04. The van der Waals surface area contributed by atoms with E-state index in [4.69, 9.17) is 4.74 Å². The summed E-state index contributed by atoms with van der Waals surface area (Å²) in [6, 6.07) is 6.10. The van der Waals surface area contributed by atoms with Crippen LogP contribution in [0, 0.1) is 6.92 Å². The molecular formula is C13H18N4O. The zero-order valence-corrected chi connectivity index (χ0v) is 11.1. The molecule has 1 aromatic carbocycles. The second kappa shape index (κ2) is 5.18. The third kappa shape index (κ3) is 2.36. The predicted octanol–water partition coefficient (Wildman–Crippen LogP) is 1.44. The smallest absolute Gasteiger partial charge is 0.124 e. The number of nitrogens with one attached hydrogen (secondary N) is 1. The SMILES string of the molecule is CNC(c1cn(C)nn1)c1cc(C)ccc1OC. The topological polar surface area (TPSA) is 52.0 Å². The van der Waals surface area contributed by atoms with Crippen molar-refractivity contribution >= 4 is 0 Å². The highest BCUT2D eigenvalue weighted by Crippen LogP contribution is 2.29. The first-order valence-corrected chi connectivity index (χ1v) is 5.83. The van der Waals surface area contributed by atoms with Crippen molar-refractivity contribution in [1.29, 1.82) is 0 Å². The lowest BCUT2D eigenvalue weighted by Gasteiger charge is -2.17. The van der Waals surface area contributed by atoms with Crippen molar-refractivity contribution in [3.8, 4) is 5.75 Å². The standard InChI is InChI=1S/C13H18N4O/c1-9-5-6-12(18-4)10(7-9)13(14-2)11-8-17(3)16-15-11/h5-8,13-14H,1-4H3. The van der Waals surface area contributed by atoms with Gasteiger partial charge >= 0.3 is 0 Å². The lowest BCUT2D eigenvalue weighted by molar-refractivity contribution is 0.405. The van der Waals surface area contributed by atoms with Gasteiger partial charge in [0.2, 0.25) is 0 Å². The van der Waals surface area contributed by atoms with Gasteiger partial charge in [0.25, 0.3) is 0 Å². The van der Waals surface area contributed by atoms with Crippen molar-refractivity contribution in [3.05, 3.63) is 41.2 Å². The number of methoxy groups -OCH3 is 1. The van der Waals surface area contributed by atoms with Gasteiger partial charge in [0.1, 0.15) is 11.4 Å². The van der Waals surface area contributed by atoms with Crippen LogP contribution in [0.4, 0.5) is 0 Å². The molecule has 2 aromatic rings. The van der Waals surface area contributed by atoms with Crippen molar-refractivity contribution < 1.29 is 4.74 Å². The van der Waals surface area contributed by atoms with Crippen LogP contribution in [0.25, 0.3) is 0 Å². The number of benzene rings is 1. The van der Waals surface area contributed by atoms with E-state index in [1.807, 2.05) is 32.4 Å². The molecule has 0 amide bonds. The molecular weight excluding hydrogens is 228 g/mol. The van der Waals surface area contributed by atoms with E-state index in [2.05, 4.69) is 28.6 Å². The summed E-state index contributed by atoms with van der Waals surface area (Å²) >= 11 is 0. The maximum absolute atomic E-state index is 5.42. The molecule has 5 nitrogen and oxygen atoms in total. The Morgan fingerprint density at radius 2 is 2.17 bits per heavy atom. The van der Waals surface area contributed by atoms with Crippen LogP contribution in [0.1, 0.15) is 22.9 Å². The minimum Gasteiger partial charge on any atom is -0.496 e. The Morgan fingerprint density at radius 1 is 1.39 bits per heavy atom. The van der Waals surface area contributed by atoms with Gasteiger partial charge in [0.05, 0.1) is 19.3 Å². The van der Waals surface area contributed by atoms with Crippen molar-refractivity contribution in [2.45, 2.75) is 13.0 Å². The van der Waals surface area contributed by atoms with E-state index in [0.717, 1.165) is 17.0 Å². The van der Waals surface area contributed by atoms with Crippen molar-refractivity contribution in [2.24, 2.45) is 7.05 Å². The summed E-state index contributed by atoms with van der Waals surface area (Å²) < 4.78 is 7.11. The summed E-state index contributed by atoms with van der Waals surface area (Å²) in [5.74, 6) is 0.852. The summed E-state index contributed by atoms with van der Waals surface area (Å²) in [7, 11) is 5.44. The number of aryl methyl sites for hydroxylation is 2. The number of aromatic nitrogens is 3. The zero-order valence-electron chi connectivity index (χ0n) is 11.1. The minimum absolute atomic E-state index is 0.0199. The number of hydrogen-bond acceptors (Lipinski definition) is 4. The van der Waals surface area contributed by atoms with Crippen LogP contribution >= 0.6 is 0 Å². The number of hydrogen-bond donors (Lipinski definition) is 1. The molecule has 0 spiro atoms. The molecule has 1 heterocycles. The highest BCUT2D eigenvalue weighted by molar-refractivity contribution is 5.42. The average molecular weight is 246 g/mol. The molecule has 1 N–H and O–H groups in total. The lowest BCUT2D eigenvalue weighted by Crippen LogP contribution is -2.19. The van der Waals surface area contributed by atoms with Crippen molar-refractivity contribution in [3.63, 3.8) is 0 Å². The summed E-state index contributed by atoms with van der Waals surface area (Å²) in [6.45, 7) is 2.06. The van der Waals surface area contributed by atoms with Crippen molar-refractivity contribution in [1.82, 2.24) is 20.3 Å². The van der Waals surface area contributed by atoms with Gasteiger partial charge < -0.3 is 10.1 Å². The molecule has 18 heavy (non-hydrogen) atoms. The third-order valence-electron chi connectivity index (χ3n) is 2.90. The molecule has 0 radical (unpaired) electrons. The van der Waals surface area contributed by atoms with Gasteiger partial charge in [-0.1, -0.05) is 22.9 Å². The van der Waals surface area contributed by atoms with Crippen LogP contribution in [-0.4, -0.2) is 29.2 Å². The van der Waals surface area contributed by atoms with Crippen LogP contribution in [0.2, 0.25) is 0 Å². The van der Waals surface area contributed by atoms with Gasteiger partial charge in [-0.05, 0) is 20.0 Å². The summed E-state index contributed by atoms with van der Waals surface area (Å²) in [5.41, 5.74) is 3.14. The van der Waals surface area contributed by atoms with Crippen LogP contribution < -0.4 is 10.1 Å². The van der Waals surface area contributed by atoms with E-state index in [0.29, 0.717) is 0 Å². The Labute approximate surface area is 107 Å². The molecule has 1 aromatic heterocycles. The quantitative estimate of drug-likeness (QED) is 0.887. The summed E-state index contributed by atoms with van der Waals surface area (Å²) in [4.78, 5) is 0. The Bertz CT molecular complexity index is 536. The van der Waals surface area contributed by atoms with E-state index in [9.17, 15) is 0 Å². The Kier molecular flexibility index (Phi) is 3.62. The molecule has 2 rings (SSSR count). The van der Waals surface area contributed by atoms with Gasteiger partial charge in [-0.15, -0.1) is 5.10 Å². The fraction of sp³-hybridized carbons (Fsp3) is 0.385. The van der Waals surface area contributed by atoms with Gasteiger partial charge in [0, 0.05) is 12.6 Å². The molecule has 1 unspecified atom stereocenters. The second-order valence-corrected chi connectivity index (χ2v) is 4.28. The Hall–Kier alpha value is -1.88. The largest absolute Gasteiger partial charge is 0.496 e. The van der Waals surface area contributed by atoms with Crippen LogP contribution in [-0.2, 0) is 7.05 Å². The Morgan fingerprint density at radius 3 is 2.72 bits per heavy atom. The second-order valence-electron chi connectivity index (χ2n) is 4.28. The predicted molar refractivity (Wildman–Crippen MR) is 69.6 cm³/mol. The summed E-state index contributed by atoms with van der Waals surface area (Å²) in [5, 5.41) is 11.4. The molecule has 0 aliphatic rings. The van der Waals surface area contributed by atoms with Gasteiger partial charge in [0.15, 0.2) is 0 Å². The third-order valence-corrected chi connectivity index (χ3v) is 2.90. The van der Waals surface area contributed by atoms with Crippen LogP contribution in [0.5, 0.6) is 5.75 Å². The van der Waals surface area contributed by atoms with Gasteiger partial charge in [-0.2, -0.15) is 0 Å². The van der Waals surface area contributed by atoms with Gasteiger partial charge in [-0.3, -0.25) is 4.68 Å². The van der Waals surface area contributed by atoms with Gasteiger partial charge in [-0.25, -0.2) is 0 Å². The number of ether oxygens (including phenoxy) is 1. The molecule has 0 aliphatic heterocycles. The number of nitrogens with zero attached hydrogens (tertiary/aromatic N) is 3. The molecule has 1 atom stereocenters. The normalized spacial score (nSPS) is 12.4. The van der Waals surface area contributed by atoms with Crippen LogP contribution in [0.3, 0.4) is 0 Å². The minimum atomic E-state index is -0.0199. The number of rotatable bonds is 4. The van der Waals surface area contributed by atoms with E-state index >= 15 is 0 Å². The molecule has 0 bridgehead atoms. The lowest BCUT2D eigenvalue weighted by atomic mass is 10.0. The molecule has 0 saturated carbocycles. The van der Waals surface area contributed by atoms with E-state index < -0.39 is 0 Å². The van der Waals surface area contributed by atoms with E-state index in [1.165, 1.54) is 5.56 Å². The Balaban J connectivity index is 2.47. The first-order valence-electron chi connectivity index (χ1n) is 5.83. The summed E-state index contributed by atoms with van der Waals surface area (Å²) in [6.07, 6.45) is 1.91. The van der Waals surface area contributed by atoms with Crippen LogP contribution in [0.15, 0.2) is 24.4 Å². The molecule has 96 valence electrons. The molecule has 0 aliphatic carbocycles. The first-order chi connectivity index (χ1) is 8.65. The highest BCUT2D eigenvalue weighted by atomic mass is 16.5. The fourth-order valence-corrected chi connectivity index (χ4v) is 2.04. The maximum Gasteiger partial charge on any atom is 0.124 e. The molecule has 5 heteroatoms.